The van der Waals surface area contributed by atoms with Crippen LogP contribution in [0.4, 0.5) is 0 Å². The molecule has 1 aliphatic heterocycles. The number of benzene rings is 1. The predicted octanol–water partition coefficient (Wildman–Crippen LogP) is 3.29. The Labute approximate surface area is 162 Å². The van der Waals surface area contributed by atoms with Crippen LogP contribution in [0.2, 0.25) is 0 Å². The molecule has 0 radical (unpaired) electrons. The van der Waals surface area contributed by atoms with Crippen LogP contribution in [0, 0.1) is 11.8 Å². The van der Waals surface area contributed by atoms with Crippen molar-refractivity contribution in [3.05, 3.63) is 29.8 Å². The highest BCUT2D eigenvalue weighted by atomic mass is 16.5. The average Bonchev–Trinajstić information content (AvgIpc) is 2.73. The molecule has 1 amide bonds. The van der Waals surface area contributed by atoms with Gasteiger partial charge in [0.15, 0.2) is 5.78 Å². The van der Waals surface area contributed by atoms with E-state index in [2.05, 4.69) is 10.2 Å². The maximum absolute atomic E-state index is 12.7. The number of hydrogen-bond donors (Lipinski definition) is 1. The van der Waals surface area contributed by atoms with Gasteiger partial charge in [0, 0.05) is 18.0 Å². The van der Waals surface area contributed by atoms with Crippen molar-refractivity contribution >= 4 is 11.7 Å². The van der Waals surface area contributed by atoms with Crippen molar-refractivity contribution in [1.29, 1.82) is 0 Å². The number of carbonyl (C=O) groups is 2. The van der Waals surface area contributed by atoms with Crippen molar-refractivity contribution in [3.63, 3.8) is 0 Å². The molecule has 148 valence electrons. The van der Waals surface area contributed by atoms with E-state index in [0.717, 1.165) is 43.8 Å². The van der Waals surface area contributed by atoms with Gasteiger partial charge < -0.3 is 10.1 Å². The van der Waals surface area contributed by atoms with Gasteiger partial charge in [-0.25, -0.2) is 0 Å². The molecule has 27 heavy (non-hydrogen) atoms. The second kappa shape index (κ2) is 9.88. The van der Waals surface area contributed by atoms with Crippen LogP contribution in [0.25, 0.3) is 0 Å². The molecule has 2 aliphatic rings. The summed E-state index contributed by atoms with van der Waals surface area (Å²) in [6, 6.07) is 7.34. The molecule has 1 aromatic carbocycles. The largest absolute Gasteiger partial charge is 0.497 e. The SMILES string of the molecule is COc1ccc(C(=O)C2CCN(CC(=O)NCC3CCCCC3)CC2)cc1. The van der Waals surface area contributed by atoms with Crippen LogP contribution < -0.4 is 10.1 Å². The Morgan fingerprint density at radius 2 is 1.70 bits per heavy atom. The summed E-state index contributed by atoms with van der Waals surface area (Å²) in [7, 11) is 1.62. The Morgan fingerprint density at radius 3 is 2.33 bits per heavy atom. The summed E-state index contributed by atoms with van der Waals surface area (Å²) in [5.74, 6) is 1.82. The minimum atomic E-state index is 0.0555. The topological polar surface area (TPSA) is 58.6 Å². The molecule has 0 atom stereocenters. The van der Waals surface area contributed by atoms with Gasteiger partial charge >= 0.3 is 0 Å². The van der Waals surface area contributed by atoms with E-state index >= 15 is 0 Å². The minimum Gasteiger partial charge on any atom is -0.497 e. The molecule has 1 aliphatic carbocycles. The number of hydrogen-bond acceptors (Lipinski definition) is 4. The monoisotopic (exact) mass is 372 g/mol. The summed E-state index contributed by atoms with van der Waals surface area (Å²) in [6.07, 6.45) is 8.08. The van der Waals surface area contributed by atoms with Gasteiger partial charge in [0.1, 0.15) is 5.75 Å². The first kappa shape index (κ1) is 19.9. The summed E-state index contributed by atoms with van der Waals surface area (Å²) in [6.45, 7) is 2.90. The van der Waals surface area contributed by atoms with E-state index in [1.165, 1.54) is 32.1 Å². The second-order valence-corrected chi connectivity index (χ2v) is 7.95. The molecule has 0 unspecified atom stereocenters. The van der Waals surface area contributed by atoms with Gasteiger partial charge in [-0.05, 0) is 69.0 Å². The van der Waals surface area contributed by atoms with E-state index in [1.54, 1.807) is 7.11 Å². The molecule has 5 heteroatoms. The lowest BCUT2D eigenvalue weighted by Crippen LogP contribution is -2.43. The van der Waals surface area contributed by atoms with Crippen LogP contribution >= 0.6 is 0 Å². The Balaban J connectivity index is 1.38. The van der Waals surface area contributed by atoms with Gasteiger partial charge in [-0.2, -0.15) is 0 Å². The van der Waals surface area contributed by atoms with E-state index in [4.69, 9.17) is 4.74 Å². The van der Waals surface area contributed by atoms with Gasteiger partial charge in [0.25, 0.3) is 0 Å². The zero-order valence-corrected chi connectivity index (χ0v) is 16.4. The summed E-state index contributed by atoms with van der Waals surface area (Å²) in [4.78, 5) is 27.1. The van der Waals surface area contributed by atoms with Gasteiger partial charge in [-0.3, -0.25) is 14.5 Å². The molecule has 5 nitrogen and oxygen atoms in total. The summed E-state index contributed by atoms with van der Waals surface area (Å²) < 4.78 is 5.15. The lowest BCUT2D eigenvalue weighted by atomic mass is 9.88. The number of amides is 1. The number of methoxy groups -OCH3 is 1. The van der Waals surface area contributed by atoms with E-state index < -0.39 is 0 Å². The maximum atomic E-state index is 12.7. The lowest BCUT2D eigenvalue weighted by molar-refractivity contribution is -0.122. The maximum Gasteiger partial charge on any atom is 0.234 e. The summed E-state index contributed by atoms with van der Waals surface area (Å²) in [5, 5.41) is 3.11. The van der Waals surface area contributed by atoms with Crippen molar-refractivity contribution < 1.29 is 14.3 Å². The van der Waals surface area contributed by atoms with Gasteiger partial charge in [-0.1, -0.05) is 19.3 Å². The number of nitrogens with zero attached hydrogens (tertiary/aromatic N) is 1. The molecule has 1 heterocycles. The summed E-state index contributed by atoms with van der Waals surface area (Å²) >= 11 is 0. The van der Waals surface area contributed by atoms with Crippen molar-refractivity contribution in [2.75, 3.05) is 33.3 Å². The number of nitrogens with one attached hydrogen (secondary N) is 1. The van der Waals surface area contributed by atoms with E-state index in [-0.39, 0.29) is 17.6 Å². The third kappa shape index (κ3) is 5.80. The van der Waals surface area contributed by atoms with Crippen LogP contribution in [-0.4, -0.2) is 49.9 Å². The number of carbonyl (C=O) groups excluding carboxylic acids is 2. The fourth-order valence-corrected chi connectivity index (χ4v) is 4.25. The molecule has 0 spiro atoms. The number of rotatable bonds is 7. The number of ether oxygens (including phenoxy) is 1. The molecule has 1 N–H and O–H groups in total. The van der Waals surface area contributed by atoms with Gasteiger partial charge in [0.05, 0.1) is 13.7 Å². The normalized spacial score (nSPS) is 19.6. The van der Waals surface area contributed by atoms with Crippen LogP contribution in [0.3, 0.4) is 0 Å². The van der Waals surface area contributed by atoms with E-state index in [9.17, 15) is 9.59 Å². The molecule has 2 fully saturated rings. The molecule has 1 saturated heterocycles. The quantitative estimate of drug-likeness (QED) is 0.746. The highest BCUT2D eigenvalue weighted by Gasteiger charge is 2.26. The Hall–Kier alpha value is -1.88. The second-order valence-electron chi connectivity index (χ2n) is 7.95. The van der Waals surface area contributed by atoms with Crippen molar-refractivity contribution in [2.45, 2.75) is 44.9 Å². The predicted molar refractivity (Wildman–Crippen MR) is 106 cm³/mol. The molecular formula is C22H32N2O3. The Morgan fingerprint density at radius 1 is 1.04 bits per heavy atom. The fourth-order valence-electron chi connectivity index (χ4n) is 4.25. The molecule has 0 bridgehead atoms. The zero-order chi connectivity index (χ0) is 19.1. The molecule has 1 saturated carbocycles. The molecular weight excluding hydrogens is 340 g/mol. The van der Waals surface area contributed by atoms with E-state index in [1.807, 2.05) is 24.3 Å². The minimum absolute atomic E-state index is 0.0555. The van der Waals surface area contributed by atoms with E-state index in [0.29, 0.717) is 12.5 Å². The first-order valence-corrected chi connectivity index (χ1v) is 10.3. The van der Waals surface area contributed by atoms with Crippen LogP contribution in [0.1, 0.15) is 55.3 Å². The lowest BCUT2D eigenvalue weighted by Gasteiger charge is -2.31. The van der Waals surface area contributed by atoms with Gasteiger partial charge in [-0.15, -0.1) is 0 Å². The van der Waals surface area contributed by atoms with Gasteiger partial charge in [0.2, 0.25) is 5.91 Å². The Bertz CT molecular complexity index is 615. The van der Waals surface area contributed by atoms with Crippen LogP contribution in [0.5, 0.6) is 5.75 Å². The van der Waals surface area contributed by atoms with Crippen LogP contribution in [-0.2, 0) is 4.79 Å². The number of likely N-dealkylation sites (tertiary alicyclic amines) is 1. The highest BCUT2D eigenvalue weighted by Crippen LogP contribution is 2.24. The average molecular weight is 373 g/mol. The molecule has 3 rings (SSSR count). The van der Waals surface area contributed by atoms with Crippen molar-refractivity contribution in [3.8, 4) is 5.75 Å². The third-order valence-electron chi connectivity index (χ3n) is 6.01. The first-order valence-electron chi connectivity index (χ1n) is 10.3. The third-order valence-corrected chi connectivity index (χ3v) is 6.01. The molecule has 1 aromatic rings. The highest BCUT2D eigenvalue weighted by molar-refractivity contribution is 5.98. The zero-order valence-electron chi connectivity index (χ0n) is 16.4. The number of Topliss-reactive ketones (excluding diaryl/α,β-unsaturated/α-hetero) is 1. The smallest absolute Gasteiger partial charge is 0.234 e. The first-order chi connectivity index (χ1) is 13.2. The number of ketones is 1. The fraction of sp³-hybridized carbons (Fsp3) is 0.636. The molecule has 0 aromatic heterocycles. The number of piperidine rings is 1. The van der Waals surface area contributed by atoms with Crippen molar-refractivity contribution in [2.24, 2.45) is 11.8 Å². The van der Waals surface area contributed by atoms with Crippen LogP contribution in [0.15, 0.2) is 24.3 Å². The standard InChI is InChI=1S/C22H32N2O3/c1-27-20-9-7-18(8-10-20)22(26)19-11-13-24(14-12-19)16-21(25)23-15-17-5-3-2-4-6-17/h7-10,17,19H,2-6,11-16H2,1H3,(H,23,25). The Kier molecular flexibility index (Phi) is 7.27. The summed E-state index contributed by atoms with van der Waals surface area (Å²) in [5.41, 5.74) is 0.750. The van der Waals surface area contributed by atoms with Crippen molar-refractivity contribution in [1.82, 2.24) is 10.2 Å².